The number of amides is 2. The van der Waals surface area contributed by atoms with Crippen LogP contribution in [0.25, 0.3) is 0 Å². The van der Waals surface area contributed by atoms with Gasteiger partial charge in [0.2, 0.25) is 11.8 Å². The molecule has 2 aliphatic heterocycles. The molecule has 27 heavy (non-hydrogen) atoms. The van der Waals surface area contributed by atoms with E-state index in [2.05, 4.69) is 16.6 Å². The van der Waals surface area contributed by atoms with Gasteiger partial charge in [0.25, 0.3) is 0 Å². The van der Waals surface area contributed by atoms with Crippen molar-refractivity contribution in [3.8, 4) is 12.3 Å². The minimum absolute atomic E-state index is 0.0608. The van der Waals surface area contributed by atoms with Gasteiger partial charge in [0.1, 0.15) is 12.2 Å². The van der Waals surface area contributed by atoms with Gasteiger partial charge in [-0.3, -0.25) is 9.59 Å². The average Bonchev–Trinajstić information content (AvgIpc) is 3.33. The summed E-state index contributed by atoms with van der Waals surface area (Å²) < 4.78 is 11.7. The third kappa shape index (κ3) is 5.95. The molecule has 0 bridgehead atoms. The van der Waals surface area contributed by atoms with Gasteiger partial charge in [-0.1, -0.05) is 25.7 Å². The van der Waals surface area contributed by atoms with Crippen molar-refractivity contribution in [3.63, 3.8) is 0 Å². The second-order valence-electron chi connectivity index (χ2n) is 7.98. The van der Waals surface area contributed by atoms with E-state index in [9.17, 15) is 9.59 Å². The Morgan fingerprint density at radius 1 is 0.889 bits per heavy atom. The van der Waals surface area contributed by atoms with Crippen molar-refractivity contribution in [2.75, 3.05) is 13.2 Å². The van der Waals surface area contributed by atoms with Crippen LogP contribution in [0.3, 0.4) is 0 Å². The Balaban J connectivity index is 1.28. The van der Waals surface area contributed by atoms with Gasteiger partial charge in [-0.2, -0.15) is 0 Å². The largest absolute Gasteiger partial charge is 0.371 e. The fourth-order valence-corrected chi connectivity index (χ4v) is 3.89. The van der Waals surface area contributed by atoms with Crippen molar-refractivity contribution >= 4 is 11.8 Å². The van der Waals surface area contributed by atoms with Gasteiger partial charge in [0.05, 0.1) is 25.3 Å². The van der Waals surface area contributed by atoms with Crippen molar-refractivity contribution in [1.82, 2.24) is 10.6 Å². The highest BCUT2D eigenvalue weighted by atomic mass is 16.6. The molecule has 6 nitrogen and oxygen atoms in total. The minimum atomic E-state index is -0.158. The molecular formula is C21H32N2O4. The van der Waals surface area contributed by atoms with Gasteiger partial charge in [-0.15, -0.1) is 12.3 Å². The number of fused-ring (bicyclic) bond motifs is 1. The first kappa shape index (κ1) is 20.2. The summed E-state index contributed by atoms with van der Waals surface area (Å²) in [4.78, 5) is 24.2. The van der Waals surface area contributed by atoms with Crippen LogP contribution in [0.2, 0.25) is 0 Å². The number of rotatable bonds is 11. The molecule has 1 saturated carbocycles. The molecule has 2 amide bonds. The second kappa shape index (κ2) is 10.1. The molecule has 1 aliphatic carbocycles. The normalized spacial score (nSPS) is 29.1. The van der Waals surface area contributed by atoms with E-state index in [0.29, 0.717) is 19.6 Å². The van der Waals surface area contributed by atoms with Crippen molar-refractivity contribution in [2.45, 2.75) is 88.5 Å². The van der Waals surface area contributed by atoms with E-state index in [4.69, 9.17) is 15.9 Å². The maximum atomic E-state index is 12.2. The molecule has 1 unspecified atom stereocenters. The Morgan fingerprint density at radius 2 is 1.48 bits per heavy atom. The Hall–Kier alpha value is -1.58. The summed E-state index contributed by atoms with van der Waals surface area (Å²) in [5.74, 6) is 3.01. The standard InChI is InChI=1S/C21H32N2O4/c1-2-3-4-5-6-7-8-9-10-18(24)22-16-13-26-20-17(14-27-19(16)20)23-21(25)15-11-12-15/h1,15-17,19-20H,3-14H2,(H,22,24)(H,23,25)/t16-,17-,19+,20?/m0/s1. The zero-order valence-corrected chi connectivity index (χ0v) is 16.1. The lowest BCUT2D eigenvalue weighted by Crippen LogP contribution is -2.47. The van der Waals surface area contributed by atoms with Crippen LogP contribution >= 0.6 is 0 Å². The van der Waals surface area contributed by atoms with Crippen LogP contribution in [0.5, 0.6) is 0 Å². The quantitative estimate of drug-likeness (QED) is 0.427. The van der Waals surface area contributed by atoms with Crippen LogP contribution in [-0.4, -0.2) is 49.3 Å². The summed E-state index contributed by atoms with van der Waals surface area (Å²) >= 11 is 0. The number of ether oxygens (including phenoxy) is 2. The monoisotopic (exact) mass is 376 g/mol. The molecule has 2 saturated heterocycles. The number of hydrogen-bond acceptors (Lipinski definition) is 4. The Labute approximate surface area is 162 Å². The molecule has 0 radical (unpaired) electrons. The van der Waals surface area contributed by atoms with Gasteiger partial charge in [0, 0.05) is 18.8 Å². The van der Waals surface area contributed by atoms with Crippen LogP contribution in [-0.2, 0) is 19.1 Å². The summed E-state index contributed by atoms with van der Waals surface area (Å²) in [6.07, 6.45) is 14.9. The summed E-state index contributed by atoms with van der Waals surface area (Å²) in [6, 6.07) is -0.214. The highest BCUT2D eigenvalue weighted by Crippen LogP contribution is 2.31. The predicted octanol–water partition coefficient (Wildman–Crippen LogP) is 1.92. The molecule has 0 aromatic heterocycles. The van der Waals surface area contributed by atoms with Crippen LogP contribution in [0.1, 0.15) is 64.2 Å². The number of carbonyl (C=O) groups excluding carboxylic acids is 2. The van der Waals surface area contributed by atoms with Crippen LogP contribution in [0, 0.1) is 18.3 Å². The van der Waals surface area contributed by atoms with E-state index in [1.807, 2.05) is 0 Å². The van der Waals surface area contributed by atoms with Gasteiger partial charge < -0.3 is 20.1 Å². The lowest BCUT2D eigenvalue weighted by molar-refractivity contribution is -0.123. The van der Waals surface area contributed by atoms with Crippen molar-refractivity contribution in [1.29, 1.82) is 0 Å². The van der Waals surface area contributed by atoms with E-state index >= 15 is 0 Å². The highest BCUT2D eigenvalue weighted by Gasteiger charge is 2.49. The van der Waals surface area contributed by atoms with Crippen LogP contribution in [0.15, 0.2) is 0 Å². The SMILES string of the molecule is C#CCCCCCCCCC(=O)N[C@H]1COC2[C@@H](NC(=O)C3CC3)CO[C@@H]21. The first-order valence-corrected chi connectivity index (χ1v) is 10.5. The molecule has 150 valence electrons. The van der Waals surface area contributed by atoms with Crippen LogP contribution < -0.4 is 10.6 Å². The Kier molecular flexibility index (Phi) is 7.54. The summed E-state index contributed by atoms with van der Waals surface area (Å²) in [5.41, 5.74) is 0. The van der Waals surface area contributed by atoms with Crippen molar-refractivity contribution in [2.24, 2.45) is 5.92 Å². The Morgan fingerprint density at radius 3 is 2.11 bits per heavy atom. The third-order valence-electron chi connectivity index (χ3n) is 5.65. The fraction of sp³-hybridized carbons (Fsp3) is 0.810. The molecule has 3 rings (SSSR count). The Bertz CT molecular complexity index is 555. The van der Waals surface area contributed by atoms with E-state index in [-0.39, 0.29) is 42.0 Å². The fourth-order valence-electron chi connectivity index (χ4n) is 3.89. The second-order valence-corrected chi connectivity index (χ2v) is 7.98. The van der Waals surface area contributed by atoms with Gasteiger partial charge >= 0.3 is 0 Å². The van der Waals surface area contributed by atoms with Gasteiger partial charge in [-0.25, -0.2) is 0 Å². The zero-order valence-electron chi connectivity index (χ0n) is 16.1. The van der Waals surface area contributed by atoms with Crippen LogP contribution in [0.4, 0.5) is 0 Å². The molecule has 0 spiro atoms. The number of nitrogens with one attached hydrogen (secondary N) is 2. The molecule has 4 atom stereocenters. The van der Waals surface area contributed by atoms with Crippen molar-refractivity contribution in [3.05, 3.63) is 0 Å². The van der Waals surface area contributed by atoms with Gasteiger partial charge in [0.15, 0.2) is 0 Å². The van der Waals surface area contributed by atoms with Crippen molar-refractivity contribution < 1.29 is 19.1 Å². The topological polar surface area (TPSA) is 76.7 Å². The maximum Gasteiger partial charge on any atom is 0.223 e. The van der Waals surface area contributed by atoms with Gasteiger partial charge in [-0.05, 0) is 25.7 Å². The number of carbonyl (C=O) groups is 2. The smallest absolute Gasteiger partial charge is 0.223 e. The summed E-state index contributed by atoms with van der Waals surface area (Å²) in [5, 5.41) is 6.09. The lowest BCUT2D eigenvalue weighted by Gasteiger charge is -2.18. The highest BCUT2D eigenvalue weighted by molar-refractivity contribution is 5.81. The lowest BCUT2D eigenvalue weighted by atomic mass is 10.1. The average molecular weight is 376 g/mol. The molecule has 6 heteroatoms. The van der Waals surface area contributed by atoms with E-state index in [1.54, 1.807) is 0 Å². The first-order valence-electron chi connectivity index (χ1n) is 10.5. The zero-order chi connectivity index (χ0) is 19.1. The molecular weight excluding hydrogens is 344 g/mol. The maximum absolute atomic E-state index is 12.2. The predicted molar refractivity (Wildman–Crippen MR) is 102 cm³/mol. The summed E-state index contributed by atoms with van der Waals surface area (Å²) in [7, 11) is 0. The minimum Gasteiger partial charge on any atom is -0.371 e. The van der Waals surface area contributed by atoms with E-state index < -0.39 is 0 Å². The number of terminal acetylenes is 1. The van der Waals surface area contributed by atoms with E-state index in [0.717, 1.165) is 44.9 Å². The molecule has 0 aromatic carbocycles. The number of unbranched alkanes of at least 4 members (excludes halogenated alkanes) is 6. The third-order valence-corrected chi connectivity index (χ3v) is 5.65. The molecule has 0 aromatic rings. The number of hydrogen-bond donors (Lipinski definition) is 2. The molecule has 3 aliphatic rings. The molecule has 2 N–H and O–H groups in total. The van der Waals surface area contributed by atoms with E-state index in [1.165, 1.54) is 12.8 Å². The first-order chi connectivity index (χ1) is 13.2. The summed E-state index contributed by atoms with van der Waals surface area (Å²) in [6.45, 7) is 0.909. The molecule has 3 fully saturated rings. The molecule has 2 heterocycles.